The van der Waals surface area contributed by atoms with Crippen molar-refractivity contribution in [1.29, 1.82) is 0 Å². The van der Waals surface area contributed by atoms with E-state index in [1.54, 1.807) is 0 Å². The minimum atomic E-state index is -2.70. The molecule has 0 aliphatic heterocycles. The maximum Gasteiger partial charge on any atom is 0.599 e. The molecule has 0 saturated carbocycles. The normalized spacial score (nSPS) is 12.3. The van der Waals surface area contributed by atoms with E-state index in [4.69, 9.17) is 13.3 Å². The second kappa shape index (κ2) is 12.8. The average Bonchev–Trinajstić information content (AvgIpc) is 2.47. The van der Waals surface area contributed by atoms with E-state index < -0.39 is 8.97 Å². The number of hydrogen-bond donors (Lipinski definition) is 0. The van der Waals surface area contributed by atoms with Crippen LogP contribution >= 0.6 is 0 Å². The maximum absolute atomic E-state index is 6.17. The van der Waals surface area contributed by atoms with Crippen LogP contribution in [0.5, 0.6) is 0 Å². The molecule has 0 aromatic rings. The van der Waals surface area contributed by atoms with Gasteiger partial charge in [0, 0.05) is 19.8 Å². The predicted molar refractivity (Wildman–Crippen MR) is 86.6 cm³/mol. The molecule has 0 unspecified atom stereocenters. The van der Waals surface area contributed by atoms with Crippen LogP contribution in [0.15, 0.2) is 0 Å². The van der Waals surface area contributed by atoms with Gasteiger partial charge in [-0.3, -0.25) is 4.57 Å². The first-order valence-electron chi connectivity index (χ1n) is 8.37. The molecule has 0 rings (SSSR count). The van der Waals surface area contributed by atoms with Crippen molar-refractivity contribution < 1.29 is 13.3 Å². The number of rotatable bonds is 14. The van der Waals surface area contributed by atoms with Crippen molar-refractivity contribution in [3.63, 3.8) is 0 Å². The Morgan fingerprint density at radius 1 is 0.600 bits per heavy atom. The highest BCUT2D eigenvalue weighted by Gasteiger charge is 2.48. The lowest BCUT2D eigenvalue weighted by Gasteiger charge is -2.38. The molecule has 0 aromatic heterocycles. The summed E-state index contributed by atoms with van der Waals surface area (Å²) in [5.74, 6) is 0. The second-order valence-corrected chi connectivity index (χ2v) is 7.60. The Kier molecular flexibility index (Phi) is 12.8. The number of hydrogen-bond acceptors (Lipinski definition) is 4. The van der Waals surface area contributed by atoms with Crippen molar-refractivity contribution in [1.82, 2.24) is 4.57 Å². The summed E-state index contributed by atoms with van der Waals surface area (Å²) in [6, 6.07) is 0. The fourth-order valence-electron chi connectivity index (χ4n) is 2.02. The van der Waals surface area contributed by atoms with Gasteiger partial charge in [0.1, 0.15) is 0 Å². The summed E-state index contributed by atoms with van der Waals surface area (Å²) in [4.78, 5) is 0. The van der Waals surface area contributed by atoms with Crippen LogP contribution in [0.2, 0.25) is 0 Å². The minimum Gasteiger partial charge on any atom is -0.361 e. The average molecular weight is 306 g/mol. The molecule has 0 atom stereocenters. The zero-order valence-corrected chi connectivity index (χ0v) is 15.2. The topological polar surface area (TPSA) is 30.9 Å². The highest BCUT2D eigenvalue weighted by atomic mass is 28.4. The Hall–Kier alpha value is 0.0569. The van der Waals surface area contributed by atoms with Gasteiger partial charge in [-0.25, -0.2) is 0 Å². The Labute approximate surface area is 127 Å². The van der Waals surface area contributed by atoms with E-state index in [2.05, 4.69) is 39.2 Å². The van der Waals surface area contributed by atoms with Crippen LogP contribution in [0.25, 0.3) is 0 Å². The van der Waals surface area contributed by atoms with Crippen LogP contribution in [0, 0.1) is 0 Å². The van der Waals surface area contributed by atoms with Crippen molar-refractivity contribution in [3.05, 3.63) is 0 Å². The number of nitrogens with zero attached hydrogens (tertiary/aromatic N) is 1. The quantitative estimate of drug-likeness (QED) is 0.456. The summed E-state index contributed by atoms with van der Waals surface area (Å²) >= 11 is 0. The van der Waals surface area contributed by atoms with Crippen molar-refractivity contribution in [3.8, 4) is 0 Å². The highest BCUT2D eigenvalue weighted by Crippen LogP contribution is 2.18. The lowest BCUT2D eigenvalue weighted by Crippen LogP contribution is -2.62. The molecule has 0 aliphatic carbocycles. The third-order valence-electron chi connectivity index (χ3n) is 2.84. The van der Waals surface area contributed by atoms with Crippen molar-refractivity contribution in [2.45, 2.75) is 66.7 Å². The van der Waals surface area contributed by atoms with Crippen LogP contribution in [0.3, 0.4) is 0 Å². The van der Waals surface area contributed by atoms with Crippen molar-refractivity contribution >= 4 is 8.97 Å². The van der Waals surface area contributed by atoms with E-state index in [0.29, 0.717) is 19.8 Å². The van der Waals surface area contributed by atoms with E-state index in [1.165, 1.54) is 0 Å². The smallest absolute Gasteiger partial charge is 0.361 e. The summed E-state index contributed by atoms with van der Waals surface area (Å²) in [6.45, 7) is 14.9. The Morgan fingerprint density at radius 3 is 1.20 bits per heavy atom. The molecule has 0 bridgehead atoms. The Balaban J connectivity index is 5.03. The fourth-order valence-corrected chi connectivity index (χ4v) is 5.20. The lowest BCUT2D eigenvalue weighted by molar-refractivity contribution is 0.00734. The highest BCUT2D eigenvalue weighted by molar-refractivity contribution is 6.57. The van der Waals surface area contributed by atoms with Gasteiger partial charge in [0.05, 0.1) is 0 Å². The van der Waals surface area contributed by atoms with Crippen LogP contribution in [0.4, 0.5) is 0 Å². The summed E-state index contributed by atoms with van der Waals surface area (Å²) in [6.07, 6.45) is 5.16. The van der Waals surface area contributed by atoms with Crippen LogP contribution in [0.1, 0.15) is 66.7 Å². The van der Waals surface area contributed by atoms with E-state index in [0.717, 1.165) is 45.2 Å². The first-order valence-corrected chi connectivity index (χ1v) is 10.0. The standard InChI is InChI=1S/C15H35NO3Si/c1-6-11-16(12-7-2)20(17-13-8-3,18-14-9-4)19-15-10-5/h6-15H2,1-5H3. The molecule has 0 saturated heterocycles. The largest absolute Gasteiger partial charge is 0.599 e. The third-order valence-corrected chi connectivity index (χ3v) is 5.77. The molecular formula is C15H35NO3Si. The summed E-state index contributed by atoms with van der Waals surface area (Å²) < 4.78 is 20.9. The monoisotopic (exact) mass is 305 g/mol. The Morgan fingerprint density at radius 2 is 0.950 bits per heavy atom. The van der Waals surface area contributed by atoms with Gasteiger partial charge in [-0.15, -0.1) is 0 Å². The molecule has 0 aliphatic rings. The molecule has 0 fully saturated rings. The van der Waals surface area contributed by atoms with Gasteiger partial charge in [0.25, 0.3) is 0 Å². The van der Waals surface area contributed by atoms with Gasteiger partial charge in [-0.05, 0) is 45.2 Å². The van der Waals surface area contributed by atoms with Gasteiger partial charge < -0.3 is 13.3 Å². The molecule has 0 heterocycles. The Bertz CT molecular complexity index is 190. The lowest BCUT2D eigenvalue weighted by atomic mass is 10.4. The van der Waals surface area contributed by atoms with E-state index >= 15 is 0 Å². The molecule has 5 heteroatoms. The van der Waals surface area contributed by atoms with E-state index in [-0.39, 0.29) is 0 Å². The van der Waals surface area contributed by atoms with Crippen LogP contribution < -0.4 is 0 Å². The minimum absolute atomic E-state index is 0.712. The summed E-state index contributed by atoms with van der Waals surface area (Å²) in [5, 5.41) is 0. The molecular weight excluding hydrogens is 270 g/mol. The van der Waals surface area contributed by atoms with Gasteiger partial charge >= 0.3 is 8.97 Å². The molecule has 122 valence electrons. The van der Waals surface area contributed by atoms with Crippen molar-refractivity contribution in [2.24, 2.45) is 0 Å². The van der Waals surface area contributed by atoms with Gasteiger partial charge in [-0.2, -0.15) is 0 Å². The van der Waals surface area contributed by atoms with Crippen LogP contribution in [-0.4, -0.2) is 46.4 Å². The maximum atomic E-state index is 6.17. The molecule has 0 amide bonds. The third kappa shape index (κ3) is 7.18. The zero-order valence-electron chi connectivity index (χ0n) is 14.2. The molecule has 4 nitrogen and oxygen atoms in total. The first kappa shape index (κ1) is 20.1. The van der Waals surface area contributed by atoms with E-state index in [1.807, 2.05) is 0 Å². The SMILES string of the molecule is CCCO[Si](OCCC)(OCCC)N(CCC)CCC. The first-order chi connectivity index (χ1) is 9.70. The molecule has 0 radical (unpaired) electrons. The van der Waals surface area contributed by atoms with Crippen molar-refractivity contribution in [2.75, 3.05) is 32.9 Å². The summed E-state index contributed by atoms with van der Waals surface area (Å²) in [7, 11) is -2.70. The van der Waals surface area contributed by atoms with Gasteiger partial charge in [0.2, 0.25) is 0 Å². The van der Waals surface area contributed by atoms with E-state index in [9.17, 15) is 0 Å². The zero-order chi connectivity index (χ0) is 15.3. The molecule has 20 heavy (non-hydrogen) atoms. The van der Waals surface area contributed by atoms with Gasteiger partial charge in [0.15, 0.2) is 0 Å². The molecule has 0 N–H and O–H groups in total. The predicted octanol–water partition coefficient (Wildman–Crippen LogP) is 3.82. The summed E-state index contributed by atoms with van der Waals surface area (Å²) in [5.41, 5.74) is 0. The fraction of sp³-hybridized carbons (Fsp3) is 1.00. The van der Waals surface area contributed by atoms with Gasteiger partial charge in [-0.1, -0.05) is 34.6 Å². The molecule has 0 spiro atoms. The second-order valence-electron chi connectivity index (χ2n) is 5.06. The molecule has 0 aromatic carbocycles. The van der Waals surface area contributed by atoms with Crippen LogP contribution in [-0.2, 0) is 13.3 Å².